The first-order valence-electron chi connectivity index (χ1n) is 4.38. The van der Waals surface area contributed by atoms with Crippen molar-refractivity contribution in [2.45, 2.75) is 6.92 Å². The van der Waals surface area contributed by atoms with Crippen molar-refractivity contribution in [3.05, 3.63) is 28.8 Å². The Morgan fingerprint density at radius 2 is 2.33 bits per heavy atom. The van der Waals surface area contributed by atoms with Gasteiger partial charge in [-0.25, -0.2) is 0 Å². The lowest BCUT2D eigenvalue weighted by atomic mass is 10.2. The van der Waals surface area contributed by atoms with E-state index in [0.29, 0.717) is 16.7 Å². The number of anilines is 1. The Morgan fingerprint density at radius 1 is 1.60 bits per heavy atom. The second-order valence-electron chi connectivity index (χ2n) is 2.97. The predicted octanol–water partition coefficient (Wildman–Crippen LogP) is 2.57. The van der Waals surface area contributed by atoms with Crippen LogP contribution in [0.2, 0.25) is 5.02 Å². The molecule has 0 unspecified atom stereocenters. The van der Waals surface area contributed by atoms with E-state index in [1.807, 2.05) is 25.1 Å². The molecule has 0 saturated heterocycles. The fourth-order valence-electron chi connectivity index (χ4n) is 1.03. The van der Waals surface area contributed by atoms with Crippen LogP contribution in [0.25, 0.3) is 0 Å². The topological polar surface area (TPSA) is 24.1 Å². The maximum atomic E-state index is 5.87. The molecule has 0 fully saturated rings. The van der Waals surface area contributed by atoms with Crippen molar-refractivity contribution in [2.24, 2.45) is 0 Å². The Balaban J connectivity index is 2.68. The lowest BCUT2D eigenvalue weighted by Gasteiger charge is -2.11. The molecular weight excluding hydrogens is 228 g/mol. The monoisotopic (exact) mass is 238 g/mol. The van der Waals surface area contributed by atoms with E-state index in [4.69, 9.17) is 30.2 Å². The normalized spacial score (nSPS) is 9.13. The number of benzene rings is 1. The highest BCUT2D eigenvalue weighted by Crippen LogP contribution is 2.19. The van der Waals surface area contributed by atoms with Gasteiger partial charge in [0.05, 0.1) is 6.54 Å². The van der Waals surface area contributed by atoms with Gasteiger partial charge in [-0.1, -0.05) is 23.6 Å². The second-order valence-corrected chi connectivity index (χ2v) is 3.82. The first kappa shape index (κ1) is 11.8. The molecule has 0 aliphatic rings. The molecule has 0 aromatic heterocycles. The summed E-state index contributed by atoms with van der Waals surface area (Å²) in [7, 11) is 0. The lowest BCUT2D eigenvalue weighted by Crippen LogP contribution is -2.28. The van der Waals surface area contributed by atoms with Crippen LogP contribution >= 0.6 is 23.8 Å². The van der Waals surface area contributed by atoms with Gasteiger partial charge < -0.3 is 10.6 Å². The van der Waals surface area contributed by atoms with Crippen LogP contribution in [-0.4, -0.2) is 11.7 Å². The third kappa shape index (κ3) is 3.78. The zero-order valence-electron chi connectivity index (χ0n) is 8.30. The number of halogens is 1. The molecular formula is C11H11ClN2S. The van der Waals surface area contributed by atoms with Gasteiger partial charge in [-0.15, -0.1) is 6.42 Å². The predicted molar refractivity (Wildman–Crippen MR) is 69.2 cm³/mol. The van der Waals surface area contributed by atoms with Gasteiger partial charge >= 0.3 is 0 Å². The summed E-state index contributed by atoms with van der Waals surface area (Å²) < 4.78 is 0. The van der Waals surface area contributed by atoms with E-state index in [2.05, 4.69) is 16.6 Å². The molecule has 0 bridgehead atoms. The SMILES string of the molecule is C#CCNC(=S)Nc1cc(Cl)ccc1C. The molecule has 0 atom stereocenters. The Kier molecular flexibility index (Phi) is 4.41. The third-order valence-electron chi connectivity index (χ3n) is 1.80. The minimum Gasteiger partial charge on any atom is -0.352 e. The summed E-state index contributed by atoms with van der Waals surface area (Å²) in [5.41, 5.74) is 1.96. The van der Waals surface area contributed by atoms with Gasteiger partial charge in [0.2, 0.25) is 0 Å². The van der Waals surface area contributed by atoms with Crippen LogP contribution in [0.5, 0.6) is 0 Å². The van der Waals surface area contributed by atoms with E-state index in [1.54, 1.807) is 0 Å². The Morgan fingerprint density at radius 3 is 3.00 bits per heavy atom. The van der Waals surface area contributed by atoms with Gasteiger partial charge in [0.1, 0.15) is 0 Å². The summed E-state index contributed by atoms with van der Waals surface area (Å²) >= 11 is 10.9. The molecule has 2 N–H and O–H groups in total. The Bertz CT molecular complexity index is 410. The number of hydrogen-bond donors (Lipinski definition) is 2. The molecule has 1 rings (SSSR count). The van der Waals surface area contributed by atoms with Crippen LogP contribution in [0.3, 0.4) is 0 Å². The van der Waals surface area contributed by atoms with Gasteiger partial charge in [-0.05, 0) is 36.8 Å². The van der Waals surface area contributed by atoms with Crippen molar-refractivity contribution < 1.29 is 0 Å². The highest BCUT2D eigenvalue weighted by molar-refractivity contribution is 7.80. The summed E-state index contributed by atoms with van der Waals surface area (Å²) in [4.78, 5) is 0. The fraction of sp³-hybridized carbons (Fsp3) is 0.182. The molecule has 78 valence electrons. The second kappa shape index (κ2) is 5.59. The maximum Gasteiger partial charge on any atom is 0.171 e. The van der Waals surface area contributed by atoms with Gasteiger partial charge in [0.25, 0.3) is 0 Å². The molecule has 1 aromatic carbocycles. The summed E-state index contributed by atoms with van der Waals surface area (Å²) in [6.45, 7) is 2.38. The van der Waals surface area contributed by atoms with Crippen molar-refractivity contribution in [3.8, 4) is 12.3 Å². The number of aryl methyl sites for hydroxylation is 1. The maximum absolute atomic E-state index is 5.87. The van der Waals surface area contributed by atoms with Gasteiger partial charge in [-0.3, -0.25) is 0 Å². The first-order chi connectivity index (χ1) is 7.13. The van der Waals surface area contributed by atoms with Gasteiger partial charge in [0, 0.05) is 10.7 Å². The molecule has 0 saturated carbocycles. The quantitative estimate of drug-likeness (QED) is 0.612. The molecule has 0 aliphatic heterocycles. The van der Waals surface area contributed by atoms with Crippen LogP contribution < -0.4 is 10.6 Å². The van der Waals surface area contributed by atoms with Crippen molar-refractivity contribution in [3.63, 3.8) is 0 Å². The van der Waals surface area contributed by atoms with E-state index in [-0.39, 0.29) is 0 Å². The van der Waals surface area contributed by atoms with Gasteiger partial charge in [0.15, 0.2) is 5.11 Å². The summed E-state index contributed by atoms with van der Waals surface area (Å²) in [6.07, 6.45) is 5.10. The standard InChI is InChI=1S/C11H11ClN2S/c1-3-6-13-11(15)14-10-7-9(12)5-4-8(10)2/h1,4-5,7H,6H2,2H3,(H2,13,14,15). The molecule has 0 amide bonds. The highest BCUT2D eigenvalue weighted by atomic mass is 35.5. The Hall–Kier alpha value is -1.24. The van der Waals surface area contributed by atoms with Crippen LogP contribution in [0.4, 0.5) is 5.69 Å². The number of hydrogen-bond acceptors (Lipinski definition) is 1. The highest BCUT2D eigenvalue weighted by Gasteiger charge is 2.00. The molecule has 1 aromatic rings. The molecule has 0 heterocycles. The van der Waals surface area contributed by atoms with Crippen molar-refractivity contribution >= 4 is 34.6 Å². The number of nitrogens with one attached hydrogen (secondary N) is 2. The van der Waals surface area contributed by atoms with Gasteiger partial charge in [-0.2, -0.15) is 0 Å². The summed E-state index contributed by atoms with van der Waals surface area (Å²) in [6, 6.07) is 5.58. The number of thiocarbonyl (C=S) groups is 1. The smallest absolute Gasteiger partial charge is 0.171 e. The summed E-state index contributed by atoms with van der Waals surface area (Å²) in [5, 5.41) is 7.06. The van der Waals surface area contributed by atoms with Crippen LogP contribution in [0, 0.1) is 19.3 Å². The van der Waals surface area contributed by atoms with E-state index in [1.165, 1.54) is 0 Å². The van der Waals surface area contributed by atoms with E-state index in [0.717, 1.165) is 11.3 Å². The molecule has 4 heteroatoms. The number of rotatable bonds is 2. The Labute approximate surface area is 100 Å². The van der Waals surface area contributed by atoms with Crippen LogP contribution in [-0.2, 0) is 0 Å². The van der Waals surface area contributed by atoms with E-state index < -0.39 is 0 Å². The average molecular weight is 239 g/mol. The summed E-state index contributed by atoms with van der Waals surface area (Å²) in [5.74, 6) is 2.45. The molecule has 15 heavy (non-hydrogen) atoms. The van der Waals surface area contributed by atoms with Crippen LogP contribution in [0.15, 0.2) is 18.2 Å². The average Bonchev–Trinajstić information content (AvgIpc) is 2.20. The zero-order valence-corrected chi connectivity index (χ0v) is 9.88. The lowest BCUT2D eigenvalue weighted by molar-refractivity contribution is 1.08. The van der Waals surface area contributed by atoms with Crippen LogP contribution in [0.1, 0.15) is 5.56 Å². The zero-order chi connectivity index (χ0) is 11.3. The van der Waals surface area contributed by atoms with E-state index in [9.17, 15) is 0 Å². The van der Waals surface area contributed by atoms with E-state index >= 15 is 0 Å². The van der Waals surface area contributed by atoms with Crippen molar-refractivity contribution in [2.75, 3.05) is 11.9 Å². The molecule has 2 nitrogen and oxygen atoms in total. The first-order valence-corrected chi connectivity index (χ1v) is 5.16. The largest absolute Gasteiger partial charge is 0.352 e. The fourth-order valence-corrected chi connectivity index (χ4v) is 1.38. The third-order valence-corrected chi connectivity index (χ3v) is 2.28. The van der Waals surface area contributed by atoms with Crippen molar-refractivity contribution in [1.29, 1.82) is 0 Å². The minimum absolute atomic E-state index is 0.408. The number of terminal acetylenes is 1. The molecule has 0 radical (unpaired) electrons. The minimum atomic E-state index is 0.408. The molecule has 0 spiro atoms. The molecule has 0 aliphatic carbocycles. The van der Waals surface area contributed by atoms with Crippen molar-refractivity contribution in [1.82, 2.24) is 5.32 Å².